The summed E-state index contributed by atoms with van der Waals surface area (Å²) < 4.78 is 36.7. The van der Waals surface area contributed by atoms with E-state index in [1.54, 1.807) is 0 Å². The Balaban J connectivity index is 3.07. The first-order valence-corrected chi connectivity index (χ1v) is 3.80. The molecule has 0 fully saturated rings. The number of anilines is 1. The zero-order chi connectivity index (χ0) is 10.8. The van der Waals surface area contributed by atoms with Crippen molar-refractivity contribution >= 4 is 12.1 Å². The van der Waals surface area contributed by atoms with Gasteiger partial charge in [-0.1, -0.05) is 6.07 Å². The van der Waals surface area contributed by atoms with Crippen molar-refractivity contribution in [2.24, 2.45) is 0 Å². The molecule has 0 saturated carbocycles. The van der Waals surface area contributed by atoms with E-state index in [1.807, 2.05) is 0 Å². The molecular formula is C9H8F3NO. The van der Waals surface area contributed by atoms with E-state index in [4.69, 9.17) is 0 Å². The van der Waals surface area contributed by atoms with Gasteiger partial charge in [0.05, 0.1) is 5.56 Å². The summed E-state index contributed by atoms with van der Waals surface area (Å²) in [6, 6.07) is 4.58. The fraction of sp³-hybridized carbons (Fsp3) is 0.222. The summed E-state index contributed by atoms with van der Waals surface area (Å²) >= 11 is 0. The Morgan fingerprint density at radius 1 is 1.36 bits per heavy atom. The number of hydrogen-bond acceptors (Lipinski definition) is 1. The smallest absolute Gasteiger partial charge is 0.318 e. The van der Waals surface area contributed by atoms with Gasteiger partial charge < -0.3 is 4.90 Å². The highest BCUT2D eigenvalue weighted by molar-refractivity contribution is 5.74. The van der Waals surface area contributed by atoms with Crippen LogP contribution in [0.5, 0.6) is 0 Å². The first-order chi connectivity index (χ1) is 6.45. The minimum Gasteiger partial charge on any atom is -0.318 e. The van der Waals surface area contributed by atoms with Crippen LogP contribution in [0.1, 0.15) is 5.56 Å². The molecule has 0 radical (unpaired) electrons. The number of amides is 1. The average molecular weight is 203 g/mol. The summed E-state index contributed by atoms with van der Waals surface area (Å²) in [4.78, 5) is 11.4. The Hall–Kier alpha value is -1.52. The number of halogens is 3. The maximum Gasteiger partial charge on any atom is 0.416 e. The second kappa shape index (κ2) is 3.69. The standard InChI is InChI=1S/C9H8F3NO/c1-13(6-14)8-4-2-3-7(5-8)9(10,11)12/h2-6H,1H3. The highest BCUT2D eigenvalue weighted by Gasteiger charge is 2.30. The van der Waals surface area contributed by atoms with Crippen molar-refractivity contribution in [2.75, 3.05) is 11.9 Å². The number of benzene rings is 1. The minimum atomic E-state index is -4.38. The second-order valence-corrected chi connectivity index (χ2v) is 2.76. The van der Waals surface area contributed by atoms with Crippen LogP contribution in [-0.2, 0) is 11.0 Å². The lowest BCUT2D eigenvalue weighted by Crippen LogP contribution is -2.15. The first-order valence-electron chi connectivity index (χ1n) is 3.80. The van der Waals surface area contributed by atoms with E-state index < -0.39 is 11.7 Å². The lowest BCUT2D eigenvalue weighted by molar-refractivity contribution is -0.137. The number of rotatable bonds is 2. The summed E-state index contributed by atoms with van der Waals surface area (Å²) in [5.74, 6) is 0. The van der Waals surface area contributed by atoms with Crippen LogP contribution in [0.15, 0.2) is 24.3 Å². The van der Waals surface area contributed by atoms with E-state index in [-0.39, 0.29) is 5.69 Å². The van der Waals surface area contributed by atoms with Crippen molar-refractivity contribution in [1.82, 2.24) is 0 Å². The molecule has 0 spiro atoms. The molecule has 0 heterocycles. The van der Waals surface area contributed by atoms with Crippen molar-refractivity contribution < 1.29 is 18.0 Å². The molecule has 76 valence electrons. The van der Waals surface area contributed by atoms with Crippen LogP contribution in [0, 0.1) is 0 Å². The predicted octanol–water partition coefficient (Wildman–Crippen LogP) is 2.30. The summed E-state index contributed by atoms with van der Waals surface area (Å²) in [7, 11) is 1.39. The molecule has 5 heteroatoms. The molecule has 14 heavy (non-hydrogen) atoms. The molecule has 0 aliphatic carbocycles. The molecule has 0 aliphatic heterocycles. The highest BCUT2D eigenvalue weighted by Crippen LogP contribution is 2.31. The Morgan fingerprint density at radius 3 is 2.50 bits per heavy atom. The van der Waals surface area contributed by atoms with Crippen LogP contribution in [0.3, 0.4) is 0 Å². The van der Waals surface area contributed by atoms with Crippen molar-refractivity contribution in [3.63, 3.8) is 0 Å². The summed E-state index contributed by atoms with van der Waals surface area (Å²) in [6.07, 6.45) is -3.92. The van der Waals surface area contributed by atoms with Crippen molar-refractivity contribution in [1.29, 1.82) is 0 Å². The molecule has 0 aliphatic rings. The number of alkyl halides is 3. The number of nitrogens with zero attached hydrogens (tertiary/aromatic N) is 1. The van der Waals surface area contributed by atoms with E-state index in [0.717, 1.165) is 17.0 Å². The largest absolute Gasteiger partial charge is 0.416 e. The van der Waals surface area contributed by atoms with Gasteiger partial charge in [-0.25, -0.2) is 0 Å². The molecule has 1 aromatic rings. The maximum atomic E-state index is 12.2. The van der Waals surface area contributed by atoms with Crippen molar-refractivity contribution in [3.8, 4) is 0 Å². The Morgan fingerprint density at radius 2 is 2.00 bits per heavy atom. The molecule has 0 bridgehead atoms. The van der Waals surface area contributed by atoms with E-state index in [9.17, 15) is 18.0 Å². The van der Waals surface area contributed by atoms with Crippen molar-refractivity contribution in [2.45, 2.75) is 6.18 Å². The molecule has 1 amide bonds. The maximum absolute atomic E-state index is 12.2. The average Bonchev–Trinajstić information content (AvgIpc) is 2.15. The van der Waals surface area contributed by atoms with Gasteiger partial charge in [-0.15, -0.1) is 0 Å². The summed E-state index contributed by atoms with van der Waals surface area (Å²) in [5.41, 5.74) is -0.543. The third-order valence-electron chi connectivity index (χ3n) is 1.74. The molecule has 0 aromatic heterocycles. The molecule has 0 N–H and O–H groups in total. The van der Waals surface area contributed by atoms with E-state index in [0.29, 0.717) is 6.41 Å². The Labute approximate surface area is 78.9 Å². The van der Waals surface area contributed by atoms with Crippen LogP contribution in [0.2, 0.25) is 0 Å². The molecule has 0 saturated heterocycles. The van der Waals surface area contributed by atoms with Gasteiger partial charge in [0.25, 0.3) is 0 Å². The number of carbonyl (C=O) groups excluding carboxylic acids is 1. The fourth-order valence-electron chi connectivity index (χ4n) is 0.962. The van der Waals surface area contributed by atoms with Gasteiger partial charge in [0, 0.05) is 12.7 Å². The Kier molecular flexibility index (Phi) is 2.78. The van der Waals surface area contributed by atoms with E-state index >= 15 is 0 Å². The third kappa shape index (κ3) is 2.25. The van der Waals surface area contributed by atoms with Gasteiger partial charge in [0.1, 0.15) is 0 Å². The molecule has 2 nitrogen and oxygen atoms in total. The van der Waals surface area contributed by atoms with Gasteiger partial charge in [0.15, 0.2) is 0 Å². The second-order valence-electron chi connectivity index (χ2n) is 2.76. The molecular weight excluding hydrogens is 195 g/mol. The lowest BCUT2D eigenvalue weighted by atomic mass is 10.2. The van der Waals surface area contributed by atoms with Gasteiger partial charge in [-0.3, -0.25) is 4.79 Å². The number of carbonyl (C=O) groups is 1. The minimum absolute atomic E-state index is 0.217. The van der Waals surface area contributed by atoms with E-state index in [1.165, 1.54) is 19.2 Å². The fourth-order valence-corrected chi connectivity index (χ4v) is 0.962. The molecule has 0 atom stereocenters. The van der Waals surface area contributed by atoms with Crippen LogP contribution in [-0.4, -0.2) is 13.5 Å². The SMILES string of the molecule is CN(C=O)c1cccc(C(F)(F)F)c1. The Bertz CT molecular complexity index is 335. The van der Waals surface area contributed by atoms with Crippen LogP contribution < -0.4 is 4.90 Å². The van der Waals surface area contributed by atoms with Gasteiger partial charge in [0.2, 0.25) is 6.41 Å². The van der Waals surface area contributed by atoms with Crippen molar-refractivity contribution in [3.05, 3.63) is 29.8 Å². The van der Waals surface area contributed by atoms with Crippen LogP contribution in [0.4, 0.5) is 18.9 Å². The molecule has 0 unspecified atom stereocenters. The number of hydrogen-bond donors (Lipinski definition) is 0. The van der Waals surface area contributed by atoms with Gasteiger partial charge in [-0.05, 0) is 18.2 Å². The summed E-state index contributed by atoms with van der Waals surface area (Å²) in [6.45, 7) is 0. The molecule has 1 rings (SSSR count). The van der Waals surface area contributed by atoms with E-state index in [2.05, 4.69) is 0 Å². The van der Waals surface area contributed by atoms with Crippen LogP contribution in [0.25, 0.3) is 0 Å². The third-order valence-corrected chi connectivity index (χ3v) is 1.74. The quantitative estimate of drug-likeness (QED) is 0.675. The monoisotopic (exact) mass is 203 g/mol. The van der Waals surface area contributed by atoms with Crippen LogP contribution >= 0.6 is 0 Å². The highest BCUT2D eigenvalue weighted by atomic mass is 19.4. The predicted molar refractivity (Wildman–Crippen MR) is 45.9 cm³/mol. The summed E-state index contributed by atoms with van der Waals surface area (Å²) in [5, 5.41) is 0. The molecule has 1 aromatic carbocycles. The zero-order valence-electron chi connectivity index (χ0n) is 7.38. The lowest BCUT2D eigenvalue weighted by Gasteiger charge is -2.13. The topological polar surface area (TPSA) is 20.3 Å². The van der Waals surface area contributed by atoms with Gasteiger partial charge in [-0.2, -0.15) is 13.2 Å². The zero-order valence-corrected chi connectivity index (χ0v) is 7.38. The normalized spacial score (nSPS) is 11.1. The first kappa shape index (κ1) is 10.6. The van der Waals surface area contributed by atoms with Gasteiger partial charge >= 0.3 is 6.18 Å².